The van der Waals surface area contributed by atoms with E-state index in [1.807, 2.05) is 17.5 Å². The van der Waals surface area contributed by atoms with E-state index in [2.05, 4.69) is 47.3 Å². The molecule has 3 aromatic rings. The standard InChI is InChI=1S/C14H14N3S2.ClHO4/c1-10-8-11(2)17-13(15-10)19-14(16-17)18-9-12-6-4-3-5-7-12;2-1(3,4)5/h3-8H,9H2,1-2H3;(H,2,3,4,5)/q+1;. The van der Waals surface area contributed by atoms with Crippen molar-refractivity contribution in [2.24, 2.45) is 0 Å². The average Bonchev–Trinajstić information content (AvgIpc) is 2.88. The van der Waals surface area contributed by atoms with Gasteiger partial charge in [-0.05, 0) is 21.9 Å². The fourth-order valence-corrected chi connectivity index (χ4v) is 3.89. The third-order valence-corrected chi connectivity index (χ3v) is 4.88. The highest BCUT2D eigenvalue weighted by atomic mass is 35.7. The molecule has 0 radical (unpaired) electrons. The van der Waals surface area contributed by atoms with Gasteiger partial charge in [0, 0.05) is 25.7 Å². The molecule has 0 spiro atoms. The summed E-state index contributed by atoms with van der Waals surface area (Å²) in [5.74, 6) is 0.944. The minimum Gasteiger partial charge on any atom is -0.183 e. The van der Waals surface area contributed by atoms with Crippen LogP contribution in [-0.4, -0.2) is 14.7 Å². The van der Waals surface area contributed by atoms with Crippen molar-refractivity contribution < 1.29 is 33.4 Å². The highest BCUT2D eigenvalue weighted by Gasteiger charge is 2.16. The van der Waals surface area contributed by atoms with Crippen LogP contribution < -0.4 is 18.5 Å². The number of fused-ring (bicyclic) bond motifs is 1. The zero-order valence-electron chi connectivity index (χ0n) is 12.9. The molecule has 0 fully saturated rings. The molecule has 0 unspecified atom stereocenters. The summed E-state index contributed by atoms with van der Waals surface area (Å²) in [4.78, 5) is 5.48. The molecule has 128 valence electrons. The molecular weight excluding hydrogens is 374 g/mol. The van der Waals surface area contributed by atoms with E-state index in [9.17, 15) is 0 Å². The van der Waals surface area contributed by atoms with Gasteiger partial charge in [0.05, 0.1) is 14.9 Å². The number of aryl methyl sites for hydroxylation is 2. The lowest BCUT2D eigenvalue weighted by molar-refractivity contribution is -1.92. The van der Waals surface area contributed by atoms with Crippen molar-refractivity contribution in [1.29, 1.82) is 0 Å². The van der Waals surface area contributed by atoms with Gasteiger partial charge in [0.2, 0.25) is 4.34 Å². The van der Waals surface area contributed by atoms with Crippen molar-refractivity contribution in [2.45, 2.75) is 23.9 Å². The Morgan fingerprint density at radius 3 is 2.46 bits per heavy atom. The smallest absolute Gasteiger partial charge is 0.183 e. The van der Waals surface area contributed by atoms with Crippen LogP contribution in [0.1, 0.15) is 17.0 Å². The molecule has 0 amide bonds. The number of thioether (sulfide) groups is 1. The van der Waals surface area contributed by atoms with Gasteiger partial charge < -0.3 is 0 Å². The molecule has 3 rings (SSSR count). The van der Waals surface area contributed by atoms with Crippen LogP contribution in [0.15, 0.2) is 40.7 Å². The van der Waals surface area contributed by atoms with E-state index in [-0.39, 0.29) is 0 Å². The fourth-order valence-electron chi connectivity index (χ4n) is 1.89. The second-order valence-electron chi connectivity index (χ2n) is 4.77. The second-order valence-corrected chi connectivity index (χ2v) is 7.74. The normalized spacial score (nSPS) is 11.2. The fraction of sp³-hybridized carbons (Fsp3) is 0.214. The van der Waals surface area contributed by atoms with Gasteiger partial charge in [-0.3, -0.25) is 0 Å². The van der Waals surface area contributed by atoms with Crippen molar-refractivity contribution in [3.05, 3.63) is 53.3 Å². The lowest BCUT2D eigenvalue weighted by Gasteiger charge is -2.03. The lowest BCUT2D eigenvalue weighted by atomic mass is 10.2. The summed E-state index contributed by atoms with van der Waals surface area (Å²) in [5, 5.41) is 4.60. The third kappa shape index (κ3) is 6.29. The number of benzene rings is 1. The van der Waals surface area contributed by atoms with E-state index in [1.165, 1.54) is 5.56 Å². The molecule has 10 heteroatoms. The molecule has 1 N–H and O–H groups in total. The minimum absolute atomic E-state index is 0.944. The first-order valence-corrected chi connectivity index (χ1v) is 9.76. The summed E-state index contributed by atoms with van der Waals surface area (Å²) in [5.41, 5.74) is 3.49. The molecule has 0 saturated carbocycles. The van der Waals surface area contributed by atoms with Crippen LogP contribution in [0.5, 0.6) is 0 Å². The van der Waals surface area contributed by atoms with E-state index in [0.717, 1.165) is 26.4 Å². The molecule has 7 nitrogen and oxygen atoms in total. The monoisotopic (exact) mass is 388 g/mol. The molecule has 24 heavy (non-hydrogen) atoms. The first-order chi connectivity index (χ1) is 11.2. The molecule has 0 aliphatic heterocycles. The summed E-state index contributed by atoms with van der Waals surface area (Å²) in [6.45, 7) is 4.08. The van der Waals surface area contributed by atoms with E-state index >= 15 is 0 Å². The van der Waals surface area contributed by atoms with Crippen molar-refractivity contribution in [2.75, 3.05) is 0 Å². The molecule has 0 aliphatic rings. The SMILES string of the molecule is Cc1cc(C)[n+]2nc(SCc3ccccc3)sc2n1.[O-][Cl+3]([O-])([O-])O. The number of nitrogens with zero attached hydrogens (tertiary/aromatic N) is 3. The topological polar surface area (TPSA) is 119 Å². The van der Waals surface area contributed by atoms with Gasteiger partial charge in [-0.1, -0.05) is 51.7 Å². The van der Waals surface area contributed by atoms with Crippen molar-refractivity contribution in [1.82, 2.24) is 10.1 Å². The quantitative estimate of drug-likeness (QED) is 0.454. The van der Waals surface area contributed by atoms with Crippen LogP contribution in [0.2, 0.25) is 0 Å². The molecule has 0 bridgehead atoms. The Morgan fingerprint density at radius 2 is 1.83 bits per heavy atom. The van der Waals surface area contributed by atoms with Crippen LogP contribution in [0.25, 0.3) is 4.96 Å². The second kappa shape index (κ2) is 8.17. The highest BCUT2D eigenvalue weighted by molar-refractivity contribution is 8.00. The summed E-state index contributed by atoms with van der Waals surface area (Å²) >= 11 is 3.41. The summed E-state index contributed by atoms with van der Waals surface area (Å²) in [7, 11) is -4.69. The first-order valence-electron chi connectivity index (χ1n) is 6.69. The Bertz CT molecular complexity index is 803. The Hall–Kier alpha value is -1.33. The van der Waals surface area contributed by atoms with Gasteiger partial charge in [0.25, 0.3) is 0 Å². The maximum Gasteiger partial charge on any atom is 0.410 e. The number of hydrogen-bond acceptors (Lipinski definition) is 8. The predicted molar refractivity (Wildman–Crippen MR) is 80.8 cm³/mol. The minimum atomic E-state index is -4.69. The van der Waals surface area contributed by atoms with Crippen molar-refractivity contribution in [3.63, 3.8) is 0 Å². The maximum atomic E-state index is 8.60. The zero-order valence-corrected chi connectivity index (χ0v) is 15.3. The van der Waals surface area contributed by atoms with Crippen LogP contribution in [-0.2, 0) is 5.75 Å². The largest absolute Gasteiger partial charge is 0.410 e. The van der Waals surface area contributed by atoms with Crippen molar-refractivity contribution in [3.8, 4) is 0 Å². The summed E-state index contributed by atoms with van der Waals surface area (Å²) in [6, 6.07) is 12.5. The Kier molecular flexibility index (Phi) is 6.47. The van der Waals surface area contributed by atoms with Crippen LogP contribution in [0.4, 0.5) is 0 Å². The Morgan fingerprint density at radius 1 is 1.21 bits per heavy atom. The Labute approximate surface area is 149 Å². The molecule has 1 aromatic carbocycles. The number of rotatable bonds is 3. The van der Waals surface area contributed by atoms with Gasteiger partial charge >= 0.3 is 4.96 Å². The number of hydrogen-bond donors (Lipinski definition) is 1. The van der Waals surface area contributed by atoms with E-state index in [0.29, 0.717) is 0 Å². The van der Waals surface area contributed by atoms with Crippen LogP contribution >= 0.6 is 23.1 Å². The molecule has 2 heterocycles. The lowest BCUT2D eigenvalue weighted by Crippen LogP contribution is -2.58. The third-order valence-electron chi connectivity index (χ3n) is 2.77. The van der Waals surface area contributed by atoms with Crippen LogP contribution in [0, 0.1) is 24.1 Å². The van der Waals surface area contributed by atoms with E-state index in [4.69, 9.17) is 18.6 Å². The Balaban J connectivity index is 0.000000368. The predicted octanol–water partition coefficient (Wildman–Crippen LogP) is -0.938. The highest BCUT2D eigenvalue weighted by Crippen LogP contribution is 2.25. The van der Waals surface area contributed by atoms with Gasteiger partial charge in [-0.15, -0.1) is 0 Å². The van der Waals surface area contributed by atoms with E-state index < -0.39 is 10.2 Å². The average molecular weight is 389 g/mol. The summed E-state index contributed by atoms with van der Waals surface area (Å²) in [6.07, 6.45) is 0. The molecular formula is C14H15ClN3O4S2+. The maximum absolute atomic E-state index is 8.60. The van der Waals surface area contributed by atoms with E-state index in [1.54, 1.807) is 23.1 Å². The number of halogens is 1. The summed E-state index contributed by atoms with van der Waals surface area (Å²) < 4.78 is 35.7. The molecule has 2 aromatic heterocycles. The van der Waals surface area contributed by atoms with Crippen molar-refractivity contribution >= 4 is 28.1 Å². The molecule has 0 atom stereocenters. The van der Waals surface area contributed by atoms with Crippen LogP contribution in [0.3, 0.4) is 0 Å². The first kappa shape index (κ1) is 19.0. The van der Waals surface area contributed by atoms with Gasteiger partial charge in [-0.2, -0.15) is 14.0 Å². The zero-order chi connectivity index (χ0) is 17.7. The molecule has 0 aliphatic carbocycles. The van der Waals surface area contributed by atoms with Gasteiger partial charge in [0.1, 0.15) is 5.69 Å². The number of aromatic nitrogens is 3. The van der Waals surface area contributed by atoms with Gasteiger partial charge in [0.15, 0.2) is 5.69 Å². The molecule has 0 saturated heterocycles. The van der Waals surface area contributed by atoms with Gasteiger partial charge in [-0.25, -0.2) is 0 Å².